The molecule has 0 unspecified atom stereocenters. The van der Waals surface area contributed by atoms with E-state index in [1.165, 1.54) is 11.8 Å². The number of hydrogen-bond acceptors (Lipinski definition) is 3. The highest BCUT2D eigenvalue weighted by atomic mass is 32.2. The summed E-state index contributed by atoms with van der Waals surface area (Å²) in [7, 11) is 0. The van der Waals surface area contributed by atoms with Crippen LogP contribution in [0, 0.1) is 6.92 Å². The molecule has 0 spiro atoms. The maximum Gasteiger partial charge on any atom is 0.264 e. The van der Waals surface area contributed by atoms with Crippen molar-refractivity contribution in [3.63, 3.8) is 0 Å². The van der Waals surface area contributed by atoms with E-state index in [2.05, 4.69) is 10.3 Å². The molecule has 0 radical (unpaired) electrons. The molecule has 104 valence electrons. The summed E-state index contributed by atoms with van der Waals surface area (Å²) in [6.45, 7) is 2.03. The van der Waals surface area contributed by atoms with Crippen molar-refractivity contribution in [2.45, 2.75) is 6.92 Å². The van der Waals surface area contributed by atoms with Crippen molar-refractivity contribution in [1.82, 2.24) is 5.32 Å². The second-order valence-corrected chi connectivity index (χ2v) is 5.70. The van der Waals surface area contributed by atoms with Crippen molar-refractivity contribution in [2.75, 3.05) is 0 Å². The van der Waals surface area contributed by atoms with Gasteiger partial charge in [0.15, 0.2) is 5.17 Å². The molecule has 0 saturated carbocycles. The van der Waals surface area contributed by atoms with Crippen LogP contribution in [-0.4, -0.2) is 11.1 Å². The van der Waals surface area contributed by atoms with E-state index < -0.39 is 0 Å². The quantitative estimate of drug-likeness (QED) is 0.854. The van der Waals surface area contributed by atoms with Gasteiger partial charge in [0.05, 0.1) is 10.6 Å². The first-order valence-electron chi connectivity index (χ1n) is 6.62. The van der Waals surface area contributed by atoms with Gasteiger partial charge in [-0.05, 0) is 48.0 Å². The first-order chi connectivity index (χ1) is 10.2. The van der Waals surface area contributed by atoms with Crippen molar-refractivity contribution in [2.24, 2.45) is 4.99 Å². The highest BCUT2D eigenvalue weighted by Crippen LogP contribution is 2.28. The molecule has 0 aromatic heterocycles. The number of aryl methyl sites for hydroxylation is 1. The highest BCUT2D eigenvalue weighted by Gasteiger charge is 2.23. The third-order valence-corrected chi connectivity index (χ3v) is 4.02. The average Bonchev–Trinajstić information content (AvgIpc) is 2.82. The molecule has 0 bridgehead atoms. The molecule has 1 N–H and O–H groups in total. The first kappa shape index (κ1) is 13.6. The summed E-state index contributed by atoms with van der Waals surface area (Å²) in [4.78, 5) is 17.1. The van der Waals surface area contributed by atoms with Crippen LogP contribution in [0.1, 0.15) is 11.1 Å². The molecule has 1 fully saturated rings. The van der Waals surface area contributed by atoms with Crippen LogP contribution in [0.2, 0.25) is 0 Å². The molecular formula is C17H14N2OS. The van der Waals surface area contributed by atoms with Crippen LogP contribution < -0.4 is 5.32 Å². The van der Waals surface area contributed by atoms with Crippen molar-refractivity contribution in [3.05, 3.63) is 70.6 Å². The average molecular weight is 294 g/mol. The van der Waals surface area contributed by atoms with E-state index in [1.807, 2.05) is 67.6 Å². The minimum absolute atomic E-state index is 0.0991. The van der Waals surface area contributed by atoms with Gasteiger partial charge in [-0.25, -0.2) is 4.99 Å². The second kappa shape index (κ2) is 5.97. The Morgan fingerprint density at radius 1 is 1.05 bits per heavy atom. The molecule has 1 aliphatic heterocycles. The van der Waals surface area contributed by atoms with Gasteiger partial charge in [0, 0.05) is 0 Å². The highest BCUT2D eigenvalue weighted by molar-refractivity contribution is 8.18. The lowest BCUT2D eigenvalue weighted by atomic mass is 10.1. The van der Waals surface area contributed by atoms with E-state index in [-0.39, 0.29) is 5.91 Å². The van der Waals surface area contributed by atoms with Crippen LogP contribution in [0.4, 0.5) is 5.69 Å². The van der Waals surface area contributed by atoms with Crippen molar-refractivity contribution >= 4 is 34.6 Å². The van der Waals surface area contributed by atoms with E-state index in [0.717, 1.165) is 16.8 Å². The molecule has 1 heterocycles. The van der Waals surface area contributed by atoms with Gasteiger partial charge in [0.25, 0.3) is 5.91 Å². The Kier molecular flexibility index (Phi) is 3.88. The zero-order valence-electron chi connectivity index (χ0n) is 11.5. The van der Waals surface area contributed by atoms with Crippen molar-refractivity contribution in [3.8, 4) is 0 Å². The molecule has 1 aliphatic rings. The fourth-order valence-corrected chi connectivity index (χ4v) is 2.82. The summed E-state index contributed by atoms with van der Waals surface area (Å²) >= 11 is 1.37. The molecule has 3 rings (SSSR count). The first-order valence-corrected chi connectivity index (χ1v) is 7.44. The number of nitrogens with one attached hydrogen (secondary N) is 1. The van der Waals surface area contributed by atoms with Gasteiger partial charge in [-0.3, -0.25) is 4.79 Å². The molecule has 1 saturated heterocycles. The fraction of sp³-hybridized carbons (Fsp3) is 0.0588. The number of nitrogens with zero attached hydrogens (tertiary/aromatic N) is 1. The molecule has 21 heavy (non-hydrogen) atoms. The van der Waals surface area contributed by atoms with Gasteiger partial charge in [-0.15, -0.1) is 0 Å². The Morgan fingerprint density at radius 3 is 2.52 bits per heavy atom. The summed E-state index contributed by atoms with van der Waals surface area (Å²) in [6, 6.07) is 17.6. The number of para-hydroxylation sites is 1. The van der Waals surface area contributed by atoms with Gasteiger partial charge in [-0.1, -0.05) is 42.5 Å². The van der Waals surface area contributed by atoms with E-state index in [4.69, 9.17) is 0 Å². The smallest absolute Gasteiger partial charge is 0.264 e. The van der Waals surface area contributed by atoms with Gasteiger partial charge in [0.2, 0.25) is 0 Å². The summed E-state index contributed by atoms with van der Waals surface area (Å²) in [5, 5.41) is 3.41. The number of benzene rings is 2. The zero-order chi connectivity index (χ0) is 14.7. The second-order valence-electron chi connectivity index (χ2n) is 4.67. The third kappa shape index (κ3) is 3.23. The number of aliphatic imine (C=N–C) groups is 1. The van der Waals surface area contributed by atoms with E-state index >= 15 is 0 Å². The molecule has 3 nitrogen and oxygen atoms in total. The molecule has 1 amide bonds. The van der Waals surface area contributed by atoms with Crippen LogP contribution in [0.5, 0.6) is 0 Å². The standard InChI is InChI=1S/C17H14N2OS/c1-12-7-5-6-8-13(12)11-15-16(20)19-17(21-15)18-14-9-3-2-4-10-14/h2-11H,1H3,(H,18,19,20)/b15-11-. The number of hydrogen-bond donors (Lipinski definition) is 1. The van der Waals surface area contributed by atoms with Crippen LogP contribution in [0.25, 0.3) is 6.08 Å². The monoisotopic (exact) mass is 294 g/mol. The van der Waals surface area contributed by atoms with Crippen LogP contribution in [0.15, 0.2) is 64.5 Å². The summed E-state index contributed by atoms with van der Waals surface area (Å²) < 4.78 is 0. The predicted octanol–water partition coefficient (Wildman–Crippen LogP) is 3.89. The number of carbonyl (C=O) groups excluding carboxylic acids is 1. The van der Waals surface area contributed by atoms with Gasteiger partial charge >= 0.3 is 0 Å². The maximum absolute atomic E-state index is 12.0. The molecular weight excluding hydrogens is 280 g/mol. The maximum atomic E-state index is 12.0. The summed E-state index contributed by atoms with van der Waals surface area (Å²) in [6.07, 6.45) is 1.91. The van der Waals surface area contributed by atoms with Gasteiger partial charge in [-0.2, -0.15) is 0 Å². The van der Waals surface area contributed by atoms with Crippen LogP contribution >= 0.6 is 11.8 Å². The largest absolute Gasteiger partial charge is 0.300 e. The van der Waals surface area contributed by atoms with Crippen LogP contribution in [0.3, 0.4) is 0 Å². The SMILES string of the molecule is Cc1ccccc1/C=C1\SC(=Nc2ccccc2)NC1=O. The lowest BCUT2D eigenvalue weighted by Gasteiger charge is -1.99. The lowest BCUT2D eigenvalue weighted by molar-refractivity contribution is -0.115. The number of rotatable bonds is 2. The molecule has 0 atom stereocenters. The number of thioether (sulfide) groups is 1. The van der Waals surface area contributed by atoms with E-state index in [9.17, 15) is 4.79 Å². The van der Waals surface area contributed by atoms with Gasteiger partial charge in [0.1, 0.15) is 0 Å². The predicted molar refractivity (Wildman–Crippen MR) is 88.4 cm³/mol. The summed E-state index contributed by atoms with van der Waals surface area (Å²) in [5.74, 6) is -0.0991. The Morgan fingerprint density at radius 2 is 1.76 bits per heavy atom. The Bertz CT molecular complexity index is 735. The molecule has 4 heteroatoms. The zero-order valence-corrected chi connectivity index (χ0v) is 12.4. The molecule has 0 aliphatic carbocycles. The van der Waals surface area contributed by atoms with Crippen molar-refractivity contribution in [1.29, 1.82) is 0 Å². The molecule has 2 aromatic rings. The number of amides is 1. The lowest BCUT2D eigenvalue weighted by Crippen LogP contribution is -2.19. The van der Waals surface area contributed by atoms with Crippen molar-refractivity contribution < 1.29 is 4.79 Å². The topological polar surface area (TPSA) is 41.5 Å². The number of carbonyl (C=O) groups is 1. The number of amidine groups is 1. The minimum atomic E-state index is -0.0991. The van der Waals surface area contributed by atoms with Crippen LogP contribution in [-0.2, 0) is 4.79 Å². The summed E-state index contributed by atoms with van der Waals surface area (Å²) in [5.41, 5.74) is 3.03. The minimum Gasteiger partial charge on any atom is -0.300 e. The third-order valence-electron chi connectivity index (χ3n) is 3.11. The Balaban J connectivity index is 1.86. The Hall–Kier alpha value is -2.33. The van der Waals surface area contributed by atoms with E-state index in [1.54, 1.807) is 0 Å². The fourth-order valence-electron chi connectivity index (χ4n) is 1.99. The van der Waals surface area contributed by atoms with Gasteiger partial charge < -0.3 is 5.32 Å². The Labute approximate surface area is 127 Å². The normalized spacial score (nSPS) is 18.2. The molecule has 2 aromatic carbocycles. The van der Waals surface area contributed by atoms with E-state index in [0.29, 0.717) is 10.1 Å².